The van der Waals surface area contributed by atoms with Crippen LogP contribution in [0.3, 0.4) is 0 Å². The van der Waals surface area contributed by atoms with Gasteiger partial charge in [-0.2, -0.15) is 0 Å². The molecule has 0 spiro atoms. The van der Waals surface area contributed by atoms with Crippen molar-refractivity contribution in [1.29, 1.82) is 0 Å². The van der Waals surface area contributed by atoms with Gasteiger partial charge < -0.3 is 19.1 Å². The van der Waals surface area contributed by atoms with Gasteiger partial charge in [0.25, 0.3) is 0 Å². The first-order chi connectivity index (χ1) is 14.5. The fraction of sp³-hybridized carbons (Fsp3) is 0.583. The Kier molecular flexibility index (Phi) is 7.91. The largest absolute Gasteiger partial charge is 0.383 e. The topological polar surface area (TPSA) is 58.8 Å². The summed E-state index contributed by atoms with van der Waals surface area (Å²) in [4.78, 5) is 17.2. The van der Waals surface area contributed by atoms with Crippen LogP contribution in [0.25, 0.3) is 11.3 Å². The molecule has 6 nitrogen and oxygen atoms in total. The molecule has 1 amide bonds. The molecule has 164 valence electrons. The molecule has 1 aliphatic rings. The number of anilines is 1. The molecule has 0 radical (unpaired) electrons. The molecule has 0 aliphatic carbocycles. The summed E-state index contributed by atoms with van der Waals surface area (Å²) in [6.07, 6.45) is 4.04. The van der Waals surface area contributed by atoms with Crippen LogP contribution in [-0.2, 0) is 16.1 Å². The number of carbonyl (C=O) groups is 1. The van der Waals surface area contributed by atoms with Crippen LogP contribution in [0.2, 0.25) is 0 Å². The van der Waals surface area contributed by atoms with Gasteiger partial charge in [0.05, 0.1) is 18.7 Å². The zero-order valence-electron chi connectivity index (χ0n) is 18.8. The molecule has 1 saturated heterocycles. The Morgan fingerprint density at radius 1 is 1.30 bits per heavy atom. The highest BCUT2D eigenvalue weighted by Crippen LogP contribution is 2.35. The van der Waals surface area contributed by atoms with Crippen molar-refractivity contribution in [2.75, 3.05) is 31.7 Å². The molecule has 1 aromatic heterocycles. The summed E-state index contributed by atoms with van der Waals surface area (Å²) in [5, 5.41) is 4.46. The minimum atomic E-state index is 0.139. The first kappa shape index (κ1) is 22.3. The first-order valence-electron chi connectivity index (χ1n) is 11.1. The van der Waals surface area contributed by atoms with Gasteiger partial charge in [-0.3, -0.25) is 4.79 Å². The van der Waals surface area contributed by atoms with Crippen molar-refractivity contribution < 1.29 is 14.1 Å². The molecule has 0 bridgehead atoms. The van der Waals surface area contributed by atoms with Crippen LogP contribution in [0.15, 0.2) is 34.9 Å². The van der Waals surface area contributed by atoms with Gasteiger partial charge in [0, 0.05) is 38.2 Å². The Labute approximate surface area is 180 Å². The van der Waals surface area contributed by atoms with E-state index in [0.29, 0.717) is 38.1 Å². The van der Waals surface area contributed by atoms with Gasteiger partial charge in [-0.05, 0) is 32.1 Å². The number of amides is 1. The van der Waals surface area contributed by atoms with Crippen molar-refractivity contribution >= 4 is 11.8 Å². The van der Waals surface area contributed by atoms with Gasteiger partial charge in [0.15, 0.2) is 0 Å². The molecule has 3 rings (SSSR count). The third-order valence-electron chi connectivity index (χ3n) is 5.73. The Hall–Kier alpha value is -2.34. The van der Waals surface area contributed by atoms with Crippen molar-refractivity contribution in [3.05, 3.63) is 35.9 Å². The Morgan fingerprint density at radius 2 is 2.07 bits per heavy atom. The monoisotopic (exact) mass is 413 g/mol. The number of methoxy groups -OCH3 is 1. The zero-order chi connectivity index (χ0) is 21.5. The van der Waals surface area contributed by atoms with E-state index >= 15 is 0 Å². The number of rotatable bonds is 9. The molecule has 1 aliphatic heterocycles. The summed E-state index contributed by atoms with van der Waals surface area (Å²) in [5.74, 6) is 1.25. The highest BCUT2D eigenvalue weighted by atomic mass is 16.5. The smallest absolute Gasteiger partial charge is 0.233 e. The van der Waals surface area contributed by atoms with Gasteiger partial charge in [-0.15, -0.1) is 0 Å². The van der Waals surface area contributed by atoms with Crippen molar-refractivity contribution in [2.45, 2.75) is 59.0 Å². The fourth-order valence-electron chi connectivity index (χ4n) is 4.05. The maximum atomic E-state index is 13.0. The molecule has 0 unspecified atom stereocenters. The van der Waals surface area contributed by atoms with Crippen LogP contribution in [0.1, 0.15) is 52.0 Å². The van der Waals surface area contributed by atoms with Gasteiger partial charge in [0.2, 0.25) is 11.8 Å². The van der Waals surface area contributed by atoms with Crippen LogP contribution >= 0.6 is 0 Å². The van der Waals surface area contributed by atoms with E-state index in [1.54, 1.807) is 7.11 Å². The average molecular weight is 414 g/mol. The van der Waals surface area contributed by atoms with E-state index in [2.05, 4.69) is 30.8 Å². The van der Waals surface area contributed by atoms with E-state index in [0.717, 1.165) is 42.1 Å². The summed E-state index contributed by atoms with van der Waals surface area (Å²) >= 11 is 0. The summed E-state index contributed by atoms with van der Waals surface area (Å²) in [6.45, 7) is 8.86. The molecule has 6 heteroatoms. The van der Waals surface area contributed by atoms with E-state index in [-0.39, 0.29) is 5.91 Å². The molecule has 1 aromatic carbocycles. The second kappa shape index (κ2) is 10.6. The predicted molar refractivity (Wildman–Crippen MR) is 119 cm³/mol. The lowest BCUT2D eigenvalue weighted by atomic mass is 10.0. The highest BCUT2D eigenvalue weighted by molar-refractivity contribution is 5.77. The van der Waals surface area contributed by atoms with Crippen LogP contribution in [0.5, 0.6) is 0 Å². The van der Waals surface area contributed by atoms with Gasteiger partial charge >= 0.3 is 0 Å². The molecule has 0 N–H and O–H groups in total. The van der Waals surface area contributed by atoms with E-state index in [9.17, 15) is 4.79 Å². The average Bonchev–Trinajstić information content (AvgIpc) is 3.14. The maximum absolute atomic E-state index is 13.0. The maximum Gasteiger partial charge on any atom is 0.233 e. The lowest BCUT2D eigenvalue weighted by Gasteiger charge is -2.34. The molecule has 2 aromatic rings. The SMILES string of the molecule is COCCN(Cc1c(-c2ccccc2)noc1N1CCCC[C@@H]1C)C(=O)CC(C)C. The standard InChI is InChI=1S/C24H35N3O3/c1-18(2)16-22(28)26(14-15-29-4)17-21-23(20-11-6-5-7-12-20)25-30-24(21)27-13-9-8-10-19(27)3/h5-7,11-12,18-19H,8-10,13-17H2,1-4H3/t19-/m0/s1. The molecule has 1 atom stereocenters. The van der Waals surface area contributed by atoms with Gasteiger partial charge in [-0.1, -0.05) is 49.3 Å². The number of carbonyl (C=O) groups excluding carboxylic acids is 1. The minimum absolute atomic E-state index is 0.139. The number of hydrogen-bond donors (Lipinski definition) is 0. The predicted octanol–water partition coefficient (Wildman–Crippen LogP) is 4.74. The lowest BCUT2D eigenvalue weighted by Crippen LogP contribution is -2.39. The highest BCUT2D eigenvalue weighted by Gasteiger charge is 2.29. The van der Waals surface area contributed by atoms with Crippen LogP contribution < -0.4 is 4.90 Å². The van der Waals surface area contributed by atoms with E-state index in [1.165, 1.54) is 6.42 Å². The Morgan fingerprint density at radius 3 is 2.73 bits per heavy atom. The number of ether oxygens (including phenoxy) is 1. The Balaban J connectivity index is 1.98. The summed E-state index contributed by atoms with van der Waals surface area (Å²) in [7, 11) is 1.67. The number of piperidine rings is 1. The molecular formula is C24H35N3O3. The molecule has 2 heterocycles. The number of aromatic nitrogens is 1. The fourth-order valence-corrected chi connectivity index (χ4v) is 4.05. The summed E-state index contributed by atoms with van der Waals surface area (Å²) in [5.41, 5.74) is 2.82. The summed E-state index contributed by atoms with van der Waals surface area (Å²) in [6, 6.07) is 10.5. The lowest BCUT2D eigenvalue weighted by molar-refractivity contribution is -0.133. The van der Waals surface area contributed by atoms with Crippen LogP contribution in [0.4, 0.5) is 5.88 Å². The van der Waals surface area contributed by atoms with Crippen molar-refractivity contribution in [1.82, 2.24) is 10.1 Å². The van der Waals surface area contributed by atoms with Crippen molar-refractivity contribution in [3.8, 4) is 11.3 Å². The van der Waals surface area contributed by atoms with Gasteiger partial charge in [0.1, 0.15) is 5.69 Å². The first-order valence-corrected chi connectivity index (χ1v) is 11.1. The van der Waals surface area contributed by atoms with E-state index in [1.807, 2.05) is 35.2 Å². The third-order valence-corrected chi connectivity index (χ3v) is 5.73. The minimum Gasteiger partial charge on any atom is -0.383 e. The quantitative estimate of drug-likeness (QED) is 0.594. The molecule has 0 saturated carbocycles. The number of benzene rings is 1. The molecular weight excluding hydrogens is 378 g/mol. The second-order valence-corrected chi connectivity index (χ2v) is 8.63. The third kappa shape index (κ3) is 5.42. The zero-order valence-corrected chi connectivity index (χ0v) is 18.8. The Bertz CT molecular complexity index is 803. The van der Waals surface area contributed by atoms with Crippen molar-refractivity contribution in [2.24, 2.45) is 5.92 Å². The van der Waals surface area contributed by atoms with Crippen LogP contribution in [-0.4, -0.2) is 48.8 Å². The van der Waals surface area contributed by atoms with Crippen LogP contribution in [0, 0.1) is 5.92 Å². The number of hydrogen-bond acceptors (Lipinski definition) is 5. The summed E-state index contributed by atoms with van der Waals surface area (Å²) < 4.78 is 11.2. The molecule has 30 heavy (non-hydrogen) atoms. The van der Waals surface area contributed by atoms with E-state index in [4.69, 9.17) is 9.26 Å². The normalized spacial score (nSPS) is 16.8. The van der Waals surface area contributed by atoms with E-state index < -0.39 is 0 Å². The number of nitrogens with zero attached hydrogens (tertiary/aromatic N) is 3. The second-order valence-electron chi connectivity index (χ2n) is 8.63. The molecule has 1 fully saturated rings. The van der Waals surface area contributed by atoms with Crippen molar-refractivity contribution in [3.63, 3.8) is 0 Å². The van der Waals surface area contributed by atoms with Gasteiger partial charge in [-0.25, -0.2) is 0 Å².